The number of amides is 2. The molecule has 0 unspecified atom stereocenters. The predicted molar refractivity (Wildman–Crippen MR) is 142 cm³/mol. The van der Waals surface area contributed by atoms with Crippen molar-refractivity contribution in [2.24, 2.45) is 0 Å². The molecule has 0 radical (unpaired) electrons. The van der Waals surface area contributed by atoms with Crippen molar-refractivity contribution >= 4 is 37.0 Å². The van der Waals surface area contributed by atoms with E-state index in [9.17, 15) is 28.8 Å². The third-order valence-electron chi connectivity index (χ3n) is 5.92. The van der Waals surface area contributed by atoms with Gasteiger partial charge in [-0.1, -0.05) is 0 Å². The molecule has 0 aromatic rings. The van der Waals surface area contributed by atoms with Crippen LogP contribution in [0.15, 0.2) is 0 Å². The Labute approximate surface area is 221 Å². The molecule has 11 heteroatoms. The van der Waals surface area contributed by atoms with E-state index in [1.54, 1.807) is 0 Å². The SMILES string of the molecule is CC(C)(C)N(CCC(=O)NCCN(CCC=O)CCC=O)CCC(=O)NCCN(CCC=O)CCC=O. The molecular formula is C26H47N5O6. The minimum Gasteiger partial charge on any atom is -0.355 e. The van der Waals surface area contributed by atoms with Gasteiger partial charge in [-0.3, -0.25) is 14.5 Å². The fourth-order valence-electron chi connectivity index (χ4n) is 3.75. The van der Waals surface area contributed by atoms with E-state index in [1.165, 1.54) is 0 Å². The smallest absolute Gasteiger partial charge is 0.221 e. The van der Waals surface area contributed by atoms with Crippen molar-refractivity contribution in [3.63, 3.8) is 0 Å². The number of hydrogen-bond acceptors (Lipinski definition) is 9. The number of nitrogens with one attached hydrogen (secondary N) is 2. The van der Waals surface area contributed by atoms with Crippen molar-refractivity contribution in [3.8, 4) is 0 Å². The second-order valence-corrected chi connectivity index (χ2v) is 9.86. The van der Waals surface area contributed by atoms with Crippen molar-refractivity contribution in [3.05, 3.63) is 0 Å². The maximum absolute atomic E-state index is 12.4. The van der Waals surface area contributed by atoms with Crippen LogP contribution in [0.5, 0.6) is 0 Å². The first-order valence-electron chi connectivity index (χ1n) is 13.2. The van der Waals surface area contributed by atoms with Crippen molar-refractivity contribution in [1.29, 1.82) is 0 Å². The number of carbonyl (C=O) groups excluding carboxylic acids is 6. The first-order valence-corrected chi connectivity index (χ1v) is 13.2. The molecule has 0 rings (SSSR count). The average Bonchev–Trinajstić information content (AvgIpc) is 2.85. The van der Waals surface area contributed by atoms with Crippen molar-refractivity contribution < 1.29 is 28.8 Å². The van der Waals surface area contributed by atoms with E-state index in [1.807, 2.05) is 30.6 Å². The zero-order valence-electron chi connectivity index (χ0n) is 22.9. The molecule has 0 aliphatic rings. The van der Waals surface area contributed by atoms with Crippen molar-refractivity contribution in [1.82, 2.24) is 25.3 Å². The standard InChI is InChI=1S/C26H47N5O6/c1-26(2,3)31(16-8-24(36)27-10-18-29(12-4-20-32)13-5-21-33)17-9-25(37)28-11-19-30(14-6-22-34)15-7-23-35/h20-23H,4-19H2,1-3H3,(H,27,36)(H,28,37). The second kappa shape index (κ2) is 21.6. The highest BCUT2D eigenvalue weighted by Crippen LogP contribution is 2.14. The van der Waals surface area contributed by atoms with E-state index in [0.29, 0.717) is 104 Å². The van der Waals surface area contributed by atoms with Crippen LogP contribution in [0.25, 0.3) is 0 Å². The van der Waals surface area contributed by atoms with E-state index >= 15 is 0 Å². The van der Waals surface area contributed by atoms with E-state index < -0.39 is 0 Å². The van der Waals surface area contributed by atoms with Crippen LogP contribution >= 0.6 is 0 Å². The molecule has 0 aromatic heterocycles. The minimum absolute atomic E-state index is 0.0878. The van der Waals surface area contributed by atoms with E-state index in [-0.39, 0.29) is 17.4 Å². The maximum atomic E-state index is 12.4. The molecular weight excluding hydrogens is 478 g/mol. The summed E-state index contributed by atoms with van der Waals surface area (Å²) in [6.07, 6.45) is 5.51. The fourth-order valence-corrected chi connectivity index (χ4v) is 3.75. The molecule has 0 heterocycles. The van der Waals surface area contributed by atoms with E-state index in [4.69, 9.17) is 0 Å². The molecule has 2 N–H and O–H groups in total. The Hall–Kier alpha value is -2.50. The number of rotatable bonds is 24. The summed E-state index contributed by atoms with van der Waals surface area (Å²) in [6.45, 7) is 11.4. The zero-order chi connectivity index (χ0) is 27.9. The Morgan fingerprint density at radius 3 is 1.16 bits per heavy atom. The monoisotopic (exact) mass is 525 g/mol. The van der Waals surface area contributed by atoms with Gasteiger partial charge in [-0.25, -0.2) is 0 Å². The van der Waals surface area contributed by atoms with Crippen LogP contribution in [0, 0.1) is 0 Å². The van der Waals surface area contributed by atoms with Crippen LogP contribution < -0.4 is 10.6 Å². The van der Waals surface area contributed by atoms with Gasteiger partial charge in [0.25, 0.3) is 0 Å². The summed E-state index contributed by atoms with van der Waals surface area (Å²) in [5.41, 5.74) is -0.221. The Bertz CT molecular complexity index is 609. The summed E-state index contributed by atoms with van der Waals surface area (Å²) in [6, 6.07) is 0. The van der Waals surface area contributed by atoms with Crippen molar-refractivity contribution in [2.45, 2.75) is 64.8 Å². The van der Waals surface area contributed by atoms with Gasteiger partial charge in [0.05, 0.1) is 0 Å². The van der Waals surface area contributed by atoms with Crippen LogP contribution in [0.1, 0.15) is 59.3 Å². The molecule has 0 aliphatic carbocycles. The quantitative estimate of drug-likeness (QED) is 0.168. The highest BCUT2D eigenvalue weighted by Gasteiger charge is 2.22. The summed E-state index contributed by atoms with van der Waals surface area (Å²) >= 11 is 0. The van der Waals surface area contributed by atoms with Crippen molar-refractivity contribution in [2.75, 3.05) is 65.4 Å². The van der Waals surface area contributed by atoms with Gasteiger partial charge in [0.2, 0.25) is 11.8 Å². The highest BCUT2D eigenvalue weighted by molar-refractivity contribution is 5.76. The van der Waals surface area contributed by atoms with Gasteiger partial charge in [0, 0.05) is 110 Å². The summed E-state index contributed by atoms with van der Waals surface area (Å²) < 4.78 is 0. The molecule has 0 bridgehead atoms. The number of nitrogens with zero attached hydrogens (tertiary/aromatic N) is 3. The lowest BCUT2D eigenvalue weighted by Gasteiger charge is -2.35. The maximum Gasteiger partial charge on any atom is 0.221 e. The summed E-state index contributed by atoms with van der Waals surface area (Å²) in [7, 11) is 0. The molecule has 2 amide bonds. The molecule has 0 atom stereocenters. The third kappa shape index (κ3) is 19.3. The fraction of sp³-hybridized carbons (Fsp3) is 0.769. The first kappa shape index (κ1) is 34.5. The Kier molecular flexibility index (Phi) is 20.1. The minimum atomic E-state index is -0.221. The lowest BCUT2D eigenvalue weighted by molar-refractivity contribution is -0.122. The average molecular weight is 526 g/mol. The zero-order valence-corrected chi connectivity index (χ0v) is 22.9. The van der Waals surface area contributed by atoms with Gasteiger partial charge in [0.1, 0.15) is 25.1 Å². The van der Waals surface area contributed by atoms with Crippen LogP contribution in [0.3, 0.4) is 0 Å². The third-order valence-corrected chi connectivity index (χ3v) is 5.92. The van der Waals surface area contributed by atoms with Gasteiger partial charge >= 0.3 is 0 Å². The lowest BCUT2D eigenvalue weighted by atomic mass is 10.0. The topological polar surface area (TPSA) is 136 Å². The Morgan fingerprint density at radius 2 is 0.892 bits per heavy atom. The van der Waals surface area contributed by atoms with Crippen LogP contribution in [0.2, 0.25) is 0 Å². The molecule has 212 valence electrons. The van der Waals surface area contributed by atoms with Gasteiger partial charge in [-0.2, -0.15) is 0 Å². The Morgan fingerprint density at radius 1 is 0.568 bits per heavy atom. The second-order valence-electron chi connectivity index (χ2n) is 9.86. The van der Waals surface area contributed by atoms with E-state index in [0.717, 1.165) is 25.1 Å². The van der Waals surface area contributed by atoms with Crippen LogP contribution in [0.4, 0.5) is 0 Å². The predicted octanol–water partition coefficient (Wildman–Crippen LogP) is 0.0595. The van der Waals surface area contributed by atoms with Gasteiger partial charge in [-0.15, -0.1) is 0 Å². The molecule has 0 saturated heterocycles. The molecule has 37 heavy (non-hydrogen) atoms. The van der Waals surface area contributed by atoms with Crippen LogP contribution in [-0.4, -0.2) is 123 Å². The molecule has 0 spiro atoms. The van der Waals surface area contributed by atoms with Crippen LogP contribution in [-0.2, 0) is 28.8 Å². The van der Waals surface area contributed by atoms with Gasteiger partial charge < -0.3 is 39.6 Å². The molecule has 0 aromatic carbocycles. The molecule has 11 nitrogen and oxygen atoms in total. The first-order chi connectivity index (χ1) is 17.7. The lowest BCUT2D eigenvalue weighted by Crippen LogP contribution is -2.45. The normalized spacial score (nSPS) is 11.5. The highest BCUT2D eigenvalue weighted by atomic mass is 16.2. The molecule has 0 fully saturated rings. The van der Waals surface area contributed by atoms with Gasteiger partial charge in [0.15, 0.2) is 0 Å². The largest absolute Gasteiger partial charge is 0.355 e. The number of hydrogen-bond donors (Lipinski definition) is 2. The number of carbonyl (C=O) groups is 6. The number of aldehydes is 4. The molecule has 0 aliphatic heterocycles. The summed E-state index contributed by atoms with van der Waals surface area (Å²) in [5, 5.41) is 5.79. The Balaban J connectivity index is 4.46. The summed E-state index contributed by atoms with van der Waals surface area (Å²) in [5.74, 6) is -0.176. The van der Waals surface area contributed by atoms with Gasteiger partial charge in [-0.05, 0) is 20.8 Å². The summed E-state index contributed by atoms with van der Waals surface area (Å²) in [4.78, 5) is 73.3. The molecule has 0 saturated carbocycles. The van der Waals surface area contributed by atoms with E-state index in [2.05, 4.69) is 15.5 Å².